The Balaban J connectivity index is 1.13. The Labute approximate surface area is 311 Å². The van der Waals surface area contributed by atoms with Gasteiger partial charge in [-0.05, 0) is 111 Å². The number of rotatable bonds is 21. The Hall–Kier alpha value is -3.33. The third-order valence-electron chi connectivity index (χ3n) is 12.1. The van der Waals surface area contributed by atoms with Crippen molar-refractivity contribution in [3.63, 3.8) is 0 Å². The van der Waals surface area contributed by atoms with Gasteiger partial charge in [-0.2, -0.15) is 0 Å². The van der Waals surface area contributed by atoms with E-state index in [1.165, 1.54) is 30.4 Å². The molecule has 1 aromatic heterocycles. The van der Waals surface area contributed by atoms with Crippen LogP contribution in [0.2, 0.25) is 0 Å². The van der Waals surface area contributed by atoms with Crippen molar-refractivity contribution < 1.29 is 25.2 Å². The molecule has 8 heteroatoms. The van der Waals surface area contributed by atoms with Crippen LogP contribution in [-0.2, 0) is 17.6 Å². The lowest BCUT2D eigenvalue weighted by atomic mass is 9.80. The maximum atomic E-state index is 12.3. The second kappa shape index (κ2) is 19.7. The zero-order valence-electron chi connectivity index (χ0n) is 31.4. The minimum Gasteiger partial charge on any atom is -0.481 e. The fourth-order valence-corrected chi connectivity index (χ4v) is 9.14. The number of allylic oxidation sites excluding steroid dienone is 3. The van der Waals surface area contributed by atoms with Gasteiger partial charge in [0.2, 0.25) is 0 Å². The van der Waals surface area contributed by atoms with Crippen LogP contribution in [0.3, 0.4) is 0 Å². The van der Waals surface area contributed by atoms with Gasteiger partial charge in [0.25, 0.3) is 0 Å². The molecule has 52 heavy (non-hydrogen) atoms. The van der Waals surface area contributed by atoms with E-state index in [9.17, 15) is 25.2 Å². The summed E-state index contributed by atoms with van der Waals surface area (Å²) in [5, 5.41) is 47.5. The van der Waals surface area contributed by atoms with Crippen molar-refractivity contribution in [1.29, 1.82) is 0 Å². The number of aromatic nitrogens is 1. The van der Waals surface area contributed by atoms with Gasteiger partial charge in [0.1, 0.15) is 0 Å². The van der Waals surface area contributed by atoms with Crippen LogP contribution in [-0.4, -0.2) is 55.7 Å². The van der Waals surface area contributed by atoms with Crippen molar-refractivity contribution in [2.45, 2.75) is 134 Å². The number of nitrogens with two attached hydrogens (primary N) is 1. The maximum Gasteiger partial charge on any atom is 0.309 e. The molecule has 5 rings (SSSR count). The molecule has 8 N–H and O–H groups in total. The number of hydrogen-bond acceptors (Lipinski definition) is 6. The standard InChI is InChI=1S/C44H65N3O5/c1-2-3-6-11-32-16-17-35(41(49)27-32)14-9-5-10-15-39(43(50)51)40(48)20-22-44(52)30-34(24-33-21-23-46-42(45)28-33)25-36(44)29-38-19-18-37(47-38)26-31-12-7-4-8-13-31/h4,7-8,12-13,16-19,21,28,32,34-36,39-41,46-49,52H,2-3,5-6,9-11,14-15,20,22-27,29-30,45H2,1H3,(H,50,51). The smallest absolute Gasteiger partial charge is 0.309 e. The molecule has 8 nitrogen and oxygen atoms in total. The predicted octanol–water partition coefficient (Wildman–Crippen LogP) is 7.55. The van der Waals surface area contributed by atoms with E-state index in [4.69, 9.17) is 5.73 Å². The molecule has 1 aromatic carbocycles. The van der Waals surface area contributed by atoms with Crippen molar-refractivity contribution in [3.8, 4) is 0 Å². The van der Waals surface area contributed by atoms with Gasteiger partial charge in [-0.25, -0.2) is 0 Å². The number of carbonyl (C=O) groups is 1. The van der Waals surface area contributed by atoms with E-state index >= 15 is 0 Å². The van der Waals surface area contributed by atoms with Crippen LogP contribution in [0.15, 0.2) is 78.2 Å². The molecular weight excluding hydrogens is 650 g/mol. The second-order valence-corrected chi connectivity index (χ2v) is 16.2. The molecule has 1 fully saturated rings. The maximum absolute atomic E-state index is 12.3. The lowest BCUT2D eigenvalue weighted by molar-refractivity contribution is -0.146. The van der Waals surface area contributed by atoms with E-state index in [-0.39, 0.29) is 30.3 Å². The highest BCUT2D eigenvalue weighted by Crippen LogP contribution is 2.47. The van der Waals surface area contributed by atoms with Crippen molar-refractivity contribution in [2.75, 3.05) is 6.54 Å². The third kappa shape index (κ3) is 11.8. The van der Waals surface area contributed by atoms with E-state index in [0.29, 0.717) is 50.4 Å². The van der Waals surface area contributed by atoms with Gasteiger partial charge in [0, 0.05) is 30.3 Å². The molecule has 8 atom stereocenters. The molecule has 0 amide bonds. The van der Waals surface area contributed by atoms with Gasteiger partial charge in [0.15, 0.2) is 0 Å². The van der Waals surface area contributed by atoms with Crippen LogP contribution in [0.5, 0.6) is 0 Å². The van der Waals surface area contributed by atoms with E-state index in [1.807, 2.05) is 24.3 Å². The molecule has 286 valence electrons. The Bertz CT molecular complexity index is 1480. The minimum atomic E-state index is -1.02. The SMILES string of the molecule is CCCCCC1C=CC(CCCCCC(C(=O)O)C(O)CCC2(O)CC(CC3=CCNC(N)=C3)CC2Cc2ccc(Cc3ccccc3)[nH]2)C(O)C1. The molecule has 3 aliphatic rings. The molecule has 0 bridgehead atoms. The number of carboxylic acids is 1. The van der Waals surface area contributed by atoms with Crippen molar-refractivity contribution in [3.05, 3.63) is 95.1 Å². The zero-order valence-corrected chi connectivity index (χ0v) is 31.4. The number of benzene rings is 1. The summed E-state index contributed by atoms with van der Waals surface area (Å²) in [6.45, 7) is 2.91. The van der Waals surface area contributed by atoms with E-state index < -0.39 is 23.6 Å². The summed E-state index contributed by atoms with van der Waals surface area (Å²) in [7, 11) is 0. The minimum absolute atomic E-state index is 0.0179. The molecule has 0 spiro atoms. The summed E-state index contributed by atoms with van der Waals surface area (Å²) >= 11 is 0. The summed E-state index contributed by atoms with van der Waals surface area (Å²) in [4.78, 5) is 15.9. The highest BCUT2D eigenvalue weighted by Gasteiger charge is 2.46. The van der Waals surface area contributed by atoms with Gasteiger partial charge in [-0.3, -0.25) is 4.79 Å². The van der Waals surface area contributed by atoms with Crippen molar-refractivity contribution in [2.24, 2.45) is 35.3 Å². The van der Waals surface area contributed by atoms with Gasteiger partial charge in [-0.1, -0.05) is 94.0 Å². The lowest BCUT2D eigenvalue weighted by Crippen LogP contribution is -2.37. The van der Waals surface area contributed by atoms with E-state index in [1.54, 1.807) is 0 Å². The number of aliphatic hydroxyl groups is 3. The molecule has 0 radical (unpaired) electrons. The van der Waals surface area contributed by atoms with Crippen molar-refractivity contribution in [1.82, 2.24) is 10.3 Å². The first kappa shape index (κ1) is 39.9. The van der Waals surface area contributed by atoms with Crippen LogP contribution >= 0.6 is 0 Å². The fourth-order valence-electron chi connectivity index (χ4n) is 9.14. The summed E-state index contributed by atoms with van der Waals surface area (Å²) in [6, 6.07) is 14.6. The number of dihydropyridines is 1. The Morgan fingerprint density at radius 3 is 2.50 bits per heavy atom. The van der Waals surface area contributed by atoms with Gasteiger partial charge in [-0.15, -0.1) is 0 Å². The first-order chi connectivity index (χ1) is 25.1. The number of aliphatic hydroxyl groups excluding tert-OH is 2. The van der Waals surface area contributed by atoms with E-state index in [2.05, 4.69) is 59.7 Å². The topological polar surface area (TPSA) is 152 Å². The average molecular weight is 716 g/mol. The number of unbranched alkanes of at least 4 members (excludes halogenated alkanes) is 4. The normalized spacial score (nSPS) is 27.1. The number of aliphatic carboxylic acids is 1. The Morgan fingerprint density at radius 2 is 1.75 bits per heavy atom. The summed E-state index contributed by atoms with van der Waals surface area (Å²) in [5.74, 6) is -0.270. The summed E-state index contributed by atoms with van der Waals surface area (Å²) in [6.07, 6.45) is 21.2. The highest BCUT2D eigenvalue weighted by atomic mass is 16.4. The quantitative estimate of drug-likeness (QED) is 0.0521. The van der Waals surface area contributed by atoms with E-state index in [0.717, 1.165) is 62.8 Å². The first-order valence-corrected chi connectivity index (χ1v) is 20.2. The van der Waals surface area contributed by atoms with Gasteiger partial charge < -0.3 is 36.5 Å². The predicted molar refractivity (Wildman–Crippen MR) is 208 cm³/mol. The van der Waals surface area contributed by atoms with Crippen LogP contribution < -0.4 is 11.1 Å². The Kier molecular flexibility index (Phi) is 15.1. The molecule has 0 saturated heterocycles. The van der Waals surface area contributed by atoms with Gasteiger partial charge >= 0.3 is 5.97 Å². The van der Waals surface area contributed by atoms with Gasteiger partial charge in [0.05, 0.1) is 29.5 Å². The van der Waals surface area contributed by atoms with Crippen LogP contribution in [0.4, 0.5) is 0 Å². The molecule has 2 aromatic rings. The molecule has 2 aliphatic carbocycles. The first-order valence-electron chi connectivity index (χ1n) is 20.2. The van der Waals surface area contributed by atoms with Crippen LogP contribution in [0.25, 0.3) is 0 Å². The Morgan fingerprint density at radius 1 is 0.962 bits per heavy atom. The van der Waals surface area contributed by atoms with Crippen molar-refractivity contribution >= 4 is 5.97 Å². The molecule has 1 aliphatic heterocycles. The monoisotopic (exact) mass is 715 g/mol. The average Bonchev–Trinajstić information content (AvgIpc) is 3.69. The number of aromatic amines is 1. The highest BCUT2D eigenvalue weighted by molar-refractivity contribution is 5.70. The molecule has 1 saturated carbocycles. The number of H-pyrrole nitrogens is 1. The number of hydrogen-bond donors (Lipinski definition) is 7. The summed E-state index contributed by atoms with van der Waals surface area (Å²) in [5.41, 5.74) is 9.69. The van der Waals surface area contributed by atoms with Crippen LogP contribution in [0, 0.1) is 29.6 Å². The largest absolute Gasteiger partial charge is 0.481 e. The summed E-state index contributed by atoms with van der Waals surface area (Å²) < 4.78 is 0. The second-order valence-electron chi connectivity index (χ2n) is 16.2. The number of nitrogens with one attached hydrogen (secondary N) is 2. The molecule has 2 heterocycles. The van der Waals surface area contributed by atoms with Crippen LogP contribution in [0.1, 0.15) is 120 Å². The lowest BCUT2D eigenvalue weighted by Gasteiger charge is -2.32. The molecular formula is C44H65N3O5. The zero-order chi connectivity index (χ0) is 36.9. The fraction of sp³-hybridized carbons (Fsp3) is 0.614. The molecule has 8 unspecified atom stereocenters. The third-order valence-corrected chi connectivity index (χ3v) is 12.1. The number of carboxylic acid groups (broad SMARTS) is 1.